The second-order valence-corrected chi connectivity index (χ2v) is 5.39. The van der Waals surface area contributed by atoms with E-state index in [0.717, 1.165) is 13.2 Å². The van der Waals surface area contributed by atoms with Crippen molar-refractivity contribution in [2.24, 2.45) is 0 Å². The molecule has 1 atom stereocenters. The maximum atomic E-state index is 10.6. The molecule has 0 radical (unpaired) electrons. The highest BCUT2D eigenvalue weighted by Gasteiger charge is 1.93. The minimum atomic E-state index is -1.22. The van der Waals surface area contributed by atoms with Crippen molar-refractivity contribution >= 4 is 11.1 Å². The number of hydrogen-bond acceptors (Lipinski definition) is 3. The van der Waals surface area contributed by atoms with Crippen molar-refractivity contribution in [2.75, 3.05) is 12.9 Å². The highest BCUT2D eigenvalue weighted by molar-refractivity contribution is 7.79. The molecule has 21 heavy (non-hydrogen) atoms. The predicted octanol–water partition coefficient (Wildman–Crippen LogP) is 3.89. The van der Waals surface area contributed by atoms with Gasteiger partial charge < -0.3 is 8.92 Å². The van der Waals surface area contributed by atoms with E-state index in [-0.39, 0.29) is 0 Å². The van der Waals surface area contributed by atoms with Gasteiger partial charge in [0.15, 0.2) is 0 Å². The third-order valence-electron chi connectivity index (χ3n) is 2.55. The molecule has 0 aliphatic carbocycles. The van der Waals surface area contributed by atoms with Gasteiger partial charge in [-0.1, -0.05) is 48.0 Å². The van der Waals surface area contributed by atoms with Crippen LogP contribution in [-0.4, -0.2) is 17.1 Å². The Morgan fingerprint density at radius 3 is 2.14 bits per heavy atom. The Kier molecular flexibility index (Phi) is 8.40. The summed E-state index contributed by atoms with van der Waals surface area (Å²) >= 11 is -1.22. The van der Waals surface area contributed by atoms with Crippen molar-refractivity contribution in [1.82, 2.24) is 0 Å². The zero-order valence-corrected chi connectivity index (χ0v) is 13.6. The summed E-state index contributed by atoms with van der Waals surface area (Å²) in [4.78, 5) is 0. The van der Waals surface area contributed by atoms with Gasteiger partial charge in [0.1, 0.15) is 5.75 Å². The minimum Gasteiger partial charge on any atom is -0.401 e. The Bertz CT molecular complexity index is 523. The summed E-state index contributed by atoms with van der Waals surface area (Å²) in [5.41, 5.74) is 2.41. The fourth-order valence-electron chi connectivity index (χ4n) is 1.52. The average Bonchev–Trinajstić information content (AvgIpc) is 2.49. The van der Waals surface area contributed by atoms with Crippen LogP contribution in [0.3, 0.4) is 0 Å². The van der Waals surface area contributed by atoms with Crippen molar-refractivity contribution in [3.05, 3.63) is 65.7 Å². The average molecular weight is 306 g/mol. The van der Waals surface area contributed by atoms with Crippen LogP contribution in [0.25, 0.3) is 0 Å². The van der Waals surface area contributed by atoms with Gasteiger partial charge in [0.05, 0.1) is 6.61 Å². The molecule has 0 amide bonds. The first-order valence-corrected chi connectivity index (χ1v) is 8.30. The van der Waals surface area contributed by atoms with E-state index in [4.69, 9.17) is 8.92 Å². The van der Waals surface area contributed by atoms with Gasteiger partial charge in [-0.05, 0) is 31.5 Å². The normalized spacial score (nSPS) is 11.2. The van der Waals surface area contributed by atoms with Gasteiger partial charge in [-0.25, -0.2) is 4.21 Å². The molecule has 0 aliphatic rings. The van der Waals surface area contributed by atoms with Crippen LogP contribution in [0.2, 0.25) is 0 Å². The molecule has 0 fully saturated rings. The smallest absolute Gasteiger partial charge is 0.203 e. The van der Waals surface area contributed by atoms with Gasteiger partial charge in [-0.15, -0.1) is 0 Å². The first-order valence-electron chi connectivity index (χ1n) is 6.82. The lowest BCUT2D eigenvalue weighted by Gasteiger charge is -1.99. The molecule has 0 saturated carbocycles. The summed E-state index contributed by atoms with van der Waals surface area (Å²) in [5.74, 6) is 0.649. The van der Waals surface area contributed by atoms with Crippen molar-refractivity contribution in [2.45, 2.75) is 20.5 Å². The molecular weight excluding hydrogens is 284 g/mol. The lowest BCUT2D eigenvalue weighted by molar-refractivity contribution is 0.134. The van der Waals surface area contributed by atoms with E-state index in [9.17, 15) is 4.21 Å². The fourth-order valence-corrected chi connectivity index (χ4v) is 1.91. The number of benzene rings is 2. The molecule has 2 aromatic carbocycles. The maximum absolute atomic E-state index is 10.6. The van der Waals surface area contributed by atoms with Gasteiger partial charge in [-0.3, -0.25) is 0 Å². The molecule has 4 heteroatoms. The SMILES string of the molecule is CCOCc1ccccc1.Cc1ccc(OS(C)=O)cc1. The fraction of sp³-hybridized carbons (Fsp3) is 0.294. The van der Waals surface area contributed by atoms with Gasteiger partial charge in [0.25, 0.3) is 0 Å². The van der Waals surface area contributed by atoms with Crippen LogP contribution < -0.4 is 4.18 Å². The number of hydrogen-bond donors (Lipinski definition) is 0. The van der Waals surface area contributed by atoms with Crippen LogP contribution in [0.15, 0.2) is 54.6 Å². The molecule has 0 saturated heterocycles. The standard InChI is InChI=1S/C9H12O.C8H10O2S/c1-2-10-8-9-6-4-3-5-7-9;1-7-3-5-8(6-4-7)10-11(2)9/h3-7H,2,8H2,1H3;3-6H,1-2H3. The quantitative estimate of drug-likeness (QED) is 0.840. The summed E-state index contributed by atoms with van der Waals surface area (Å²) in [6, 6.07) is 17.6. The molecule has 0 spiro atoms. The molecule has 2 rings (SSSR count). The maximum Gasteiger partial charge on any atom is 0.203 e. The molecule has 114 valence electrons. The van der Waals surface area contributed by atoms with Crippen molar-refractivity contribution in [1.29, 1.82) is 0 Å². The van der Waals surface area contributed by atoms with E-state index in [1.165, 1.54) is 17.4 Å². The summed E-state index contributed by atoms with van der Waals surface area (Å²) in [6.45, 7) is 5.52. The first kappa shape index (κ1) is 17.4. The second-order valence-electron chi connectivity index (χ2n) is 4.42. The summed E-state index contributed by atoms with van der Waals surface area (Å²) in [5, 5.41) is 0. The second kappa shape index (κ2) is 10.1. The van der Waals surface area contributed by atoms with Crippen LogP contribution >= 0.6 is 0 Å². The van der Waals surface area contributed by atoms with Gasteiger partial charge in [0, 0.05) is 12.9 Å². The van der Waals surface area contributed by atoms with Crippen LogP contribution in [0, 0.1) is 6.92 Å². The molecule has 0 bridgehead atoms. The highest BCUT2D eigenvalue weighted by atomic mass is 32.2. The summed E-state index contributed by atoms with van der Waals surface area (Å²) < 4.78 is 20.7. The monoisotopic (exact) mass is 306 g/mol. The lowest BCUT2D eigenvalue weighted by atomic mass is 10.2. The van der Waals surface area contributed by atoms with E-state index in [0.29, 0.717) is 5.75 Å². The summed E-state index contributed by atoms with van der Waals surface area (Å²) in [7, 11) is 0. The zero-order valence-electron chi connectivity index (χ0n) is 12.7. The molecule has 1 unspecified atom stereocenters. The van der Waals surface area contributed by atoms with Gasteiger partial charge in [-0.2, -0.15) is 0 Å². The molecule has 0 aliphatic heterocycles. The number of rotatable bonds is 5. The zero-order chi connectivity index (χ0) is 15.5. The Morgan fingerprint density at radius 2 is 1.62 bits per heavy atom. The van der Waals surface area contributed by atoms with Crippen LogP contribution in [-0.2, 0) is 22.4 Å². The van der Waals surface area contributed by atoms with E-state index in [1.54, 1.807) is 12.1 Å². The molecule has 0 heterocycles. The Labute approximate surface area is 129 Å². The number of ether oxygens (including phenoxy) is 1. The predicted molar refractivity (Wildman–Crippen MR) is 87.6 cm³/mol. The topological polar surface area (TPSA) is 35.5 Å². The molecular formula is C17H22O3S. The van der Waals surface area contributed by atoms with Crippen LogP contribution in [0.1, 0.15) is 18.1 Å². The van der Waals surface area contributed by atoms with Crippen LogP contribution in [0.5, 0.6) is 5.75 Å². The third-order valence-corrected chi connectivity index (χ3v) is 2.98. The van der Waals surface area contributed by atoms with Crippen molar-refractivity contribution in [3.8, 4) is 5.75 Å². The number of aryl methyl sites for hydroxylation is 1. The molecule has 2 aromatic rings. The van der Waals surface area contributed by atoms with E-state index in [1.807, 2.05) is 44.2 Å². The Morgan fingerprint density at radius 1 is 1.00 bits per heavy atom. The lowest BCUT2D eigenvalue weighted by Crippen LogP contribution is -1.95. The van der Waals surface area contributed by atoms with E-state index < -0.39 is 11.1 Å². The Hall–Kier alpha value is -1.65. The van der Waals surface area contributed by atoms with Crippen molar-refractivity contribution in [3.63, 3.8) is 0 Å². The first-order chi connectivity index (χ1) is 10.1. The minimum absolute atomic E-state index is 0.649. The molecule has 3 nitrogen and oxygen atoms in total. The van der Waals surface area contributed by atoms with E-state index >= 15 is 0 Å². The molecule has 0 aromatic heterocycles. The third kappa shape index (κ3) is 8.27. The van der Waals surface area contributed by atoms with Crippen LogP contribution in [0.4, 0.5) is 0 Å². The van der Waals surface area contributed by atoms with E-state index in [2.05, 4.69) is 12.1 Å². The van der Waals surface area contributed by atoms with Gasteiger partial charge >= 0.3 is 0 Å². The largest absolute Gasteiger partial charge is 0.401 e. The van der Waals surface area contributed by atoms with Crippen molar-refractivity contribution < 1.29 is 13.1 Å². The Balaban J connectivity index is 0.000000211. The highest BCUT2D eigenvalue weighted by Crippen LogP contribution is 2.11. The molecule has 0 N–H and O–H groups in total. The van der Waals surface area contributed by atoms with Gasteiger partial charge in [0.2, 0.25) is 11.1 Å². The summed E-state index contributed by atoms with van der Waals surface area (Å²) in [6.07, 6.45) is 1.50.